The van der Waals surface area contributed by atoms with Crippen molar-refractivity contribution in [2.45, 2.75) is 13.8 Å². The minimum absolute atomic E-state index is 0.284. The van der Waals surface area contributed by atoms with Crippen LogP contribution in [0.2, 0.25) is 0 Å². The van der Waals surface area contributed by atoms with Crippen molar-refractivity contribution in [3.05, 3.63) is 40.8 Å². The van der Waals surface area contributed by atoms with E-state index in [9.17, 15) is 4.79 Å². The summed E-state index contributed by atoms with van der Waals surface area (Å²) in [7, 11) is 1.41. The molecule has 0 aliphatic rings. The van der Waals surface area contributed by atoms with Gasteiger partial charge < -0.3 is 4.74 Å². The first kappa shape index (κ1) is 11.9. The second kappa shape index (κ2) is 4.72. The number of benzene rings is 1. The predicted molar refractivity (Wildman–Crippen MR) is 72.2 cm³/mol. The molecule has 0 spiro atoms. The third kappa shape index (κ3) is 1.98. The molecule has 0 saturated heterocycles. The first-order valence-electron chi connectivity index (χ1n) is 5.41. The van der Waals surface area contributed by atoms with E-state index in [1.807, 2.05) is 24.4 Å². The Morgan fingerprint density at radius 3 is 2.82 bits per heavy atom. The number of fused-ring (bicyclic) bond motifs is 1. The van der Waals surface area contributed by atoms with Crippen LogP contribution in [0.1, 0.15) is 18.1 Å². The van der Waals surface area contributed by atoms with E-state index in [0.717, 1.165) is 10.9 Å². The summed E-state index contributed by atoms with van der Waals surface area (Å²) in [6.45, 7) is 3.93. The highest BCUT2D eigenvalue weighted by Gasteiger charge is 2.15. The lowest BCUT2D eigenvalue weighted by Gasteiger charge is -2.04. The number of aryl methyl sites for hydroxylation is 1. The summed E-state index contributed by atoms with van der Waals surface area (Å²) in [5.74, 6) is -0.284. The smallest absolute Gasteiger partial charge is 0.338 e. The molecule has 0 saturated carbocycles. The lowest BCUT2D eigenvalue weighted by Crippen LogP contribution is -2.03. The van der Waals surface area contributed by atoms with Crippen LogP contribution in [-0.4, -0.2) is 13.1 Å². The van der Waals surface area contributed by atoms with Crippen molar-refractivity contribution in [3.8, 4) is 0 Å². The van der Waals surface area contributed by atoms with Crippen LogP contribution < -0.4 is 0 Å². The number of carbonyl (C=O) groups is 1. The monoisotopic (exact) mass is 246 g/mol. The van der Waals surface area contributed by atoms with E-state index >= 15 is 0 Å². The van der Waals surface area contributed by atoms with Gasteiger partial charge in [-0.1, -0.05) is 24.3 Å². The van der Waals surface area contributed by atoms with Crippen LogP contribution in [-0.2, 0) is 9.53 Å². The summed E-state index contributed by atoms with van der Waals surface area (Å²) < 4.78 is 6.03. The molecule has 0 unspecified atom stereocenters. The van der Waals surface area contributed by atoms with Crippen LogP contribution in [0.3, 0.4) is 0 Å². The average Bonchev–Trinajstić information content (AvgIpc) is 2.75. The topological polar surface area (TPSA) is 26.3 Å². The Labute approximate surface area is 105 Å². The van der Waals surface area contributed by atoms with Crippen molar-refractivity contribution in [3.63, 3.8) is 0 Å². The van der Waals surface area contributed by atoms with Gasteiger partial charge in [-0.05, 0) is 19.4 Å². The van der Waals surface area contributed by atoms with Crippen LogP contribution in [0.4, 0.5) is 0 Å². The SMILES string of the molecule is CC=C(C(=O)OC)c1csc2c(C)cccc12. The fourth-order valence-corrected chi connectivity index (χ4v) is 2.95. The Morgan fingerprint density at radius 2 is 2.18 bits per heavy atom. The van der Waals surface area contributed by atoms with E-state index in [2.05, 4.69) is 13.0 Å². The highest BCUT2D eigenvalue weighted by molar-refractivity contribution is 7.17. The summed E-state index contributed by atoms with van der Waals surface area (Å²) >= 11 is 1.66. The van der Waals surface area contributed by atoms with Crippen molar-refractivity contribution < 1.29 is 9.53 Å². The molecule has 3 heteroatoms. The summed E-state index contributed by atoms with van der Waals surface area (Å²) in [5, 5.41) is 3.14. The van der Waals surface area contributed by atoms with Gasteiger partial charge in [0, 0.05) is 21.0 Å². The van der Waals surface area contributed by atoms with E-state index in [1.54, 1.807) is 17.4 Å². The molecular formula is C14H14O2S. The molecule has 2 nitrogen and oxygen atoms in total. The van der Waals surface area contributed by atoms with E-state index in [-0.39, 0.29) is 5.97 Å². The summed E-state index contributed by atoms with van der Waals surface area (Å²) in [5.41, 5.74) is 2.83. The van der Waals surface area contributed by atoms with Crippen LogP contribution >= 0.6 is 11.3 Å². The molecular weight excluding hydrogens is 232 g/mol. The van der Waals surface area contributed by atoms with Gasteiger partial charge in [0.1, 0.15) is 0 Å². The van der Waals surface area contributed by atoms with E-state index in [0.29, 0.717) is 5.57 Å². The number of hydrogen-bond donors (Lipinski definition) is 0. The molecule has 0 aliphatic carbocycles. The highest BCUT2D eigenvalue weighted by Crippen LogP contribution is 2.33. The van der Waals surface area contributed by atoms with Crippen molar-refractivity contribution in [2.75, 3.05) is 7.11 Å². The maximum Gasteiger partial charge on any atom is 0.338 e. The number of rotatable bonds is 2. The van der Waals surface area contributed by atoms with Crippen molar-refractivity contribution in [1.82, 2.24) is 0 Å². The number of allylic oxidation sites excluding steroid dienone is 1. The normalized spacial score (nSPS) is 11.8. The molecule has 0 N–H and O–H groups in total. The summed E-state index contributed by atoms with van der Waals surface area (Å²) in [4.78, 5) is 11.7. The maximum atomic E-state index is 11.7. The van der Waals surface area contributed by atoms with Gasteiger partial charge in [-0.3, -0.25) is 0 Å². The molecule has 1 aromatic carbocycles. The number of thiophene rings is 1. The van der Waals surface area contributed by atoms with Gasteiger partial charge in [-0.15, -0.1) is 11.3 Å². The van der Waals surface area contributed by atoms with Gasteiger partial charge in [-0.25, -0.2) is 4.79 Å². The lowest BCUT2D eigenvalue weighted by atomic mass is 10.0. The molecule has 0 fully saturated rings. The van der Waals surface area contributed by atoms with E-state index in [1.165, 1.54) is 17.4 Å². The van der Waals surface area contributed by atoms with E-state index in [4.69, 9.17) is 4.74 Å². The zero-order valence-corrected chi connectivity index (χ0v) is 10.9. The van der Waals surface area contributed by atoms with Gasteiger partial charge in [0.25, 0.3) is 0 Å². The maximum absolute atomic E-state index is 11.7. The quantitative estimate of drug-likeness (QED) is 0.595. The Bertz CT molecular complexity index is 593. The lowest BCUT2D eigenvalue weighted by molar-refractivity contribution is -0.133. The van der Waals surface area contributed by atoms with Gasteiger partial charge in [0.05, 0.1) is 12.7 Å². The average molecular weight is 246 g/mol. The Balaban J connectivity index is 2.64. The third-order valence-electron chi connectivity index (χ3n) is 2.78. The highest BCUT2D eigenvalue weighted by atomic mass is 32.1. The Morgan fingerprint density at radius 1 is 1.41 bits per heavy atom. The molecule has 0 aliphatic heterocycles. The van der Waals surface area contributed by atoms with E-state index < -0.39 is 0 Å². The Kier molecular flexibility index (Phi) is 3.29. The number of hydrogen-bond acceptors (Lipinski definition) is 3. The molecule has 17 heavy (non-hydrogen) atoms. The van der Waals surface area contributed by atoms with Gasteiger partial charge in [0.15, 0.2) is 0 Å². The second-order valence-electron chi connectivity index (χ2n) is 3.79. The molecule has 88 valence electrons. The number of ether oxygens (including phenoxy) is 1. The van der Waals surface area contributed by atoms with Gasteiger partial charge >= 0.3 is 5.97 Å². The molecule has 0 atom stereocenters. The van der Waals surface area contributed by atoms with Crippen LogP contribution in [0, 0.1) is 6.92 Å². The van der Waals surface area contributed by atoms with Crippen molar-refractivity contribution in [2.24, 2.45) is 0 Å². The molecule has 0 amide bonds. The largest absolute Gasteiger partial charge is 0.465 e. The third-order valence-corrected chi connectivity index (χ3v) is 3.91. The molecule has 0 radical (unpaired) electrons. The number of methoxy groups -OCH3 is 1. The molecule has 1 heterocycles. The van der Waals surface area contributed by atoms with Crippen molar-refractivity contribution in [1.29, 1.82) is 0 Å². The first-order chi connectivity index (χ1) is 8.19. The van der Waals surface area contributed by atoms with Crippen LogP contribution in [0.25, 0.3) is 15.7 Å². The minimum Gasteiger partial charge on any atom is -0.465 e. The van der Waals surface area contributed by atoms with Gasteiger partial charge in [-0.2, -0.15) is 0 Å². The van der Waals surface area contributed by atoms with Crippen LogP contribution in [0.15, 0.2) is 29.7 Å². The number of carbonyl (C=O) groups excluding carboxylic acids is 1. The fraction of sp³-hybridized carbons (Fsp3) is 0.214. The van der Waals surface area contributed by atoms with Crippen LogP contribution in [0.5, 0.6) is 0 Å². The predicted octanol–water partition coefficient (Wildman–Crippen LogP) is 3.79. The second-order valence-corrected chi connectivity index (χ2v) is 4.67. The minimum atomic E-state index is -0.284. The summed E-state index contributed by atoms with van der Waals surface area (Å²) in [6, 6.07) is 6.13. The first-order valence-corrected chi connectivity index (χ1v) is 6.28. The summed E-state index contributed by atoms with van der Waals surface area (Å²) in [6.07, 6.45) is 1.80. The van der Waals surface area contributed by atoms with Gasteiger partial charge in [0.2, 0.25) is 0 Å². The molecule has 2 aromatic rings. The standard InChI is InChI=1S/C14H14O2S/c1-4-10(14(15)16-3)12-8-17-13-9(2)6-5-7-11(12)13/h4-8H,1-3H3. The van der Waals surface area contributed by atoms with Crippen molar-refractivity contribution >= 4 is 33.0 Å². The zero-order valence-electron chi connectivity index (χ0n) is 10.1. The molecule has 0 bridgehead atoms. The zero-order chi connectivity index (χ0) is 12.4. The fourth-order valence-electron chi connectivity index (χ4n) is 1.90. The number of esters is 1. The molecule has 1 aromatic heterocycles. The molecule has 2 rings (SSSR count). The Hall–Kier alpha value is -1.61.